The van der Waals surface area contributed by atoms with E-state index in [9.17, 15) is 22.8 Å². The van der Waals surface area contributed by atoms with Gasteiger partial charge in [-0.05, 0) is 36.4 Å². The highest BCUT2D eigenvalue weighted by Gasteiger charge is 2.16. The fourth-order valence-electron chi connectivity index (χ4n) is 1.84. The van der Waals surface area contributed by atoms with Crippen LogP contribution in [0.3, 0.4) is 0 Å². The zero-order chi connectivity index (χ0) is 18.4. The summed E-state index contributed by atoms with van der Waals surface area (Å²) in [5.74, 6) is -3.19. The van der Waals surface area contributed by atoms with Gasteiger partial charge in [0.25, 0.3) is 5.91 Å². The summed E-state index contributed by atoms with van der Waals surface area (Å²) in [6.07, 6.45) is -3.26. The van der Waals surface area contributed by atoms with Crippen molar-refractivity contribution in [2.45, 2.75) is 13.0 Å². The van der Waals surface area contributed by atoms with Gasteiger partial charge < -0.3 is 5.32 Å². The monoisotopic (exact) mass is 415 g/mol. The predicted molar refractivity (Wildman–Crippen MR) is 89.5 cm³/mol. The Morgan fingerprint density at radius 1 is 1.04 bits per heavy atom. The standard InChI is InChI=1S/C16H13BrF3N3O2/c17-11-3-5-12(6-4-11)21-8-10-2-1-9(7-13(10)18)15(24)22-23-16(25)14(19)20/h1-7,14,21H,8H2,(H,22,24)(H,23,25). The SMILES string of the molecule is O=C(NNC(=O)C(F)F)c1ccc(CNc2ccc(Br)cc2)c(F)c1. The van der Waals surface area contributed by atoms with E-state index < -0.39 is 24.1 Å². The van der Waals surface area contributed by atoms with Crippen LogP contribution in [0.4, 0.5) is 18.9 Å². The summed E-state index contributed by atoms with van der Waals surface area (Å²) in [4.78, 5) is 22.4. The Morgan fingerprint density at radius 2 is 1.72 bits per heavy atom. The molecule has 0 aliphatic heterocycles. The van der Waals surface area contributed by atoms with E-state index in [1.807, 2.05) is 24.3 Å². The number of halogens is 4. The van der Waals surface area contributed by atoms with Crippen molar-refractivity contribution in [3.8, 4) is 0 Å². The number of hydrogen-bond acceptors (Lipinski definition) is 3. The Morgan fingerprint density at radius 3 is 2.32 bits per heavy atom. The maximum atomic E-state index is 14.1. The minimum atomic E-state index is -3.26. The molecule has 0 atom stereocenters. The van der Waals surface area contributed by atoms with Crippen LogP contribution in [0.1, 0.15) is 15.9 Å². The van der Waals surface area contributed by atoms with E-state index >= 15 is 0 Å². The molecule has 2 rings (SSSR count). The molecule has 0 saturated carbocycles. The Kier molecular flexibility index (Phi) is 6.40. The van der Waals surface area contributed by atoms with E-state index in [1.165, 1.54) is 17.6 Å². The van der Waals surface area contributed by atoms with Crippen molar-refractivity contribution in [2.24, 2.45) is 0 Å². The smallest absolute Gasteiger partial charge is 0.317 e. The predicted octanol–water partition coefficient (Wildman–Crippen LogP) is 3.23. The first-order valence-corrected chi connectivity index (χ1v) is 7.82. The Labute approximate surface area is 149 Å². The third kappa shape index (κ3) is 5.49. The van der Waals surface area contributed by atoms with Crippen LogP contribution in [0.15, 0.2) is 46.9 Å². The van der Waals surface area contributed by atoms with Crippen LogP contribution in [0.25, 0.3) is 0 Å². The summed E-state index contributed by atoms with van der Waals surface area (Å²) in [6.45, 7) is 0.192. The van der Waals surface area contributed by atoms with Crippen molar-refractivity contribution >= 4 is 33.4 Å². The van der Waals surface area contributed by atoms with Crippen LogP contribution < -0.4 is 16.2 Å². The number of alkyl halides is 2. The molecule has 9 heteroatoms. The minimum absolute atomic E-state index is 0.112. The first-order chi connectivity index (χ1) is 11.9. The van der Waals surface area contributed by atoms with Crippen molar-refractivity contribution in [3.63, 3.8) is 0 Å². The largest absolute Gasteiger partial charge is 0.381 e. The van der Waals surface area contributed by atoms with E-state index in [4.69, 9.17) is 0 Å². The average Bonchev–Trinajstić information content (AvgIpc) is 2.59. The quantitative estimate of drug-likeness (QED) is 0.656. The van der Waals surface area contributed by atoms with Gasteiger partial charge in [0.15, 0.2) is 0 Å². The third-order valence-electron chi connectivity index (χ3n) is 3.14. The lowest BCUT2D eigenvalue weighted by Crippen LogP contribution is -2.44. The summed E-state index contributed by atoms with van der Waals surface area (Å²) in [6, 6.07) is 11.0. The molecule has 3 N–H and O–H groups in total. The normalized spacial score (nSPS) is 10.4. The zero-order valence-electron chi connectivity index (χ0n) is 12.7. The molecule has 0 bridgehead atoms. The molecular formula is C16H13BrF3N3O2. The molecule has 0 fully saturated rings. The van der Waals surface area contributed by atoms with Gasteiger partial charge >= 0.3 is 12.3 Å². The molecule has 0 aliphatic carbocycles. The lowest BCUT2D eigenvalue weighted by atomic mass is 10.1. The molecule has 0 unspecified atom stereocenters. The molecule has 0 radical (unpaired) electrons. The summed E-state index contributed by atoms with van der Waals surface area (Å²) in [5, 5.41) is 3.03. The molecule has 0 heterocycles. The number of hydrogen-bond donors (Lipinski definition) is 3. The van der Waals surface area contributed by atoms with Crippen LogP contribution >= 0.6 is 15.9 Å². The molecule has 0 aromatic heterocycles. The maximum absolute atomic E-state index is 14.1. The number of carbonyl (C=O) groups excluding carboxylic acids is 2. The minimum Gasteiger partial charge on any atom is -0.381 e. The average molecular weight is 416 g/mol. The number of amides is 2. The summed E-state index contributed by atoms with van der Waals surface area (Å²) >= 11 is 3.31. The lowest BCUT2D eigenvalue weighted by Gasteiger charge is -2.10. The number of nitrogens with one attached hydrogen (secondary N) is 3. The van der Waals surface area contributed by atoms with Gasteiger partial charge in [-0.25, -0.2) is 4.39 Å². The van der Waals surface area contributed by atoms with Crippen LogP contribution in [0.5, 0.6) is 0 Å². The molecule has 132 valence electrons. The molecule has 5 nitrogen and oxygen atoms in total. The van der Waals surface area contributed by atoms with E-state index in [2.05, 4.69) is 21.2 Å². The highest BCUT2D eigenvalue weighted by atomic mass is 79.9. The van der Waals surface area contributed by atoms with E-state index in [0.29, 0.717) is 5.56 Å². The fourth-order valence-corrected chi connectivity index (χ4v) is 2.11. The number of benzene rings is 2. The van der Waals surface area contributed by atoms with E-state index in [-0.39, 0.29) is 12.1 Å². The summed E-state index contributed by atoms with van der Waals surface area (Å²) < 4.78 is 39.0. The number of anilines is 1. The molecule has 0 spiro atoms. The highest BCUT2D eigenvalue weighted by molar-refractivity contribution is 9.10. The Balaban J connectivity index is 1.96. The molecular weight excluding hydrogens is 403 g/mol. The fraction of sp³-hybridized carbons (Fsp3) is 0.125. The molecule has 2 aromatic rings. The number of rotatable bonds is 5. The van der Waals surface area contributed by atoms with Gasteiger partial charge in [-0.1, -0.05) is 22.0 Å². The lowest BCUT2D eigenvalue weighted by molar-refractivity contribution is -0.132. The van der Waals surface area contributed by atoms with Crippen LogP contribution in [-0.2, 0) is 11.3 Å². The molecule has 0 aliphatic rings. The number of carbonyl (C=O) groups is 2. The number of hydrazine groups is 1. The van der Waals surface area contributed by atoms with Crippen molar-refractivity contribution in [1.29, 1.82) is 0 Å². The zero-order valence-corrected chi connectivity index (χ0v) is 14.2. The van der Waals surface area contributed by atoms with E-state index in [0.717, 1.165) is 16.2 Å². The van der Waals surface area contributed by atoms with Crippen molar-refractivity contribution in [2.75, 3.05) is 5.32 Å². The van der Waals surface area contributed by atoms with Gasteiger partial charge in [-0.15, -0.1) is 0 Å². The Hall–Kier alpha value is -2.55. The molecule has 2 aromatic carbocycles. The van der Waals surface area contributed by atoms with E-state index in [1.54, 1.807) is 5.43 Å². The van der Waals surface area contributed by atoms with Gasteiger partial charge in [0, 0.05) is 27.8 Å². The van der Waals surface area contributed by atoms with Crippen molar-refractivity contribution in [3.05, 3.63) is 63.9 Å². The first kappa shape index (κ1) is 18.8. The van der Waals surface area contributed by atoms with Crippen LogP contribution in [0.2, 0.25) is 0 Å². The van der Waals surface area contributed by atoms with Crippen LogP contribution in [-0.4, -0.2) is 18.2 Å². The second kappa shape index (κ2) is 8.52. The van der Waals surface area contributed by atoms with Crippen molar-refractivity contribution in [1.82, 2.24) is 10.9 Å². The van der Waals surface area contributed by atoms with Gasteiger partial charge in [-0.2, -0.15) is 8.78 Å². The second-order valence-corrected chi connectivity index (χ2v) is 5.83. The second-order valence-electron chi connectivity index (χ2n) is 4.91. The first-order valence-electron chi connectivity index (χ1n) is 7.03. The van der Waals surface area contributed by atoms with Gasteiger partial charge in [0.1, 0.15) is 5.82 Å². The topological polar surface area (TPSA) is 70.2 Å². The molecule has 2 amide bonds. The van der Waals surface area contributed by atoms with Gasteiger partial charge in [-0.3, -0.25) is 20.4 Å². The third-order valence-corrected chi connectivity index (χ3v) is 3.67. The Bertz CT molecular complexity index is 770. The van der Waals surface area contributed by atoms with Gasteiger partial charge in [0.2, 0.25) is 0 Å². The molecule has 0 saturated heterocycles. The van der Waals surface area contributed by atoms with Gasteiger partial charge in [0.05, 0.1) is 0 Å². The maximum Gasteiger partial charge on any atom is 0.317 e. The molecule has 25 heavy (non-hydrogen) atoms. The van der Waals surface area contributed by atoms with Crippen molar-refractivity contribution < 1.29 is 22.8 Å². The van der Waals surface area contributed by atoms with Crippen LogP contribution in [0, 0.1) is 5.82 Å². The summed E-state index contributed by atoms with van der Waals surface area (Å²) in [7, 11) is 0. The highest BCUT2D eigenvalue weighted by Crippen LogP contribution is 2.16. The summed E-state index contributed by atoms with van der Waals surface area (Å²) in [5.41, 5.74) is 4.32.